The number of carbonyl (C=O) groups is 1. The molecule has 7 nitrogen and oxygen atoms in total. The molecule has 1 heterocycles. The Kier molecular flexibility index (Phi) is 5.68. The second-order valence-electron chi connectivity index (χ2n) is 6.80. The molecule has 0 spiro atoms. The van der Waals surface area contributed by atoms with Crippen LogP contribution in [0.1, 0.15) is 24.8 Å². The highest BCUT2D eigenvalue weighted by molar-refractivity contribution is 5.76. The van der Waals surface area contributed by atoms with Gasteiger partial charge < -0.3 is 15.0 Å². The van der Waals surface area contributed by atoms with Gasteiger partial charge in [0.05, 0.1) is 6.10 Å². The van der Waals surface area contributed by atoms with Crippen molar-refractivity contribution in [2.45, 2.75) is 44.4 Å². The number of rotatable bonds is 7. The SMILES string of the molecule is O=C(CCn1ccc(=O)[nH]c1=O)N[C@@H](Cc1ccccc1)C1CC(O)C1. The first-order valence-electron chi connectivity index (χ1n) is 8.82. The van der Waals surface area contributed by atoms with Crippen LogP contribution in [0.3, 0.4) is 0 Å². The fraction of sp³-hybridized carbons (Fsp3) is 0.421. The van der Waals surface area contributed by atoms with Crippen LogP contribution in [0.15, 0.2) is 52.2 Å². The molecule has 1 aromatic carbocycles. The quantitative estimate of drug-likeness (QED) is 0.668. The van der Waals surface area contributed by atoms with Crippen molar-refractivity contribution >= 4 is 5.91 Å². The Hall–Kier alpha value is -2.67. The number of aromatic amines is 1. The molecule has 138 valence electrons. The highest BCUT2D eigenvalue weighted by Gasteiger charge is 2.34. The monoisotopic (exact) mass is 357 g/mol. The second kappa shape index (κ2) is 8.14. The molecule has 1 atom stereocenters. The van der Waals surface area contributed by atoms with Crippen molar-refractivity contribution < 1.29 is 9.90 Å². The molecule has 1 saturated carbocycles. The molecule has 26 heavy (non-hydrogen) atoms. The van der Waals surface area contributed by atoms with Gasteiger partial charge in [-0.25, -0.2) is 4.79 Å². The average Bonchev–Trinajstić information content (AvgIpc) is 2.58. The van der Waals surface area contributed by atoms with Crippen LogP contribution in [0.5, 0.6) is 0 Å². The van der Waals surface area contributed by atoms with E-state index in [2.05, 4.69) is 10.3 Å². The Morgan fingerprint density at radius 2 is 1.96 bits per heavy atom. The summed E-state index contributed by atoms with van der Waals surface area (Å²) in [5.74, 6) is 0.107. The third-order valence-electron chi connectivity index (χ3n) is 4.84. The van der Waals surface area contributed by atoms with Crippen molar-refractivity contribution in [2.75, 3.05) is 0 Å². The molecule has 3 N–H and O–H groups in total. The number of nitrogens with zero attached hydrogens (tertiary/aromatic N) is 1. The Bertz CT molecular complexity index is 853. The van der Waals surface area contributed by atoms with E-state index in [0.717, 1.165) is 5.56 Å². The van der Waals surface area contributed by atoms with E-state index in [9.17, 15) is 19.5 Å². The molecular weight excluding hydrogens is 334 g/mol. The van der Waals surface area contributed by atoms with Gasteiger partial charge in [0.25, 0.3) is 5.56 Å². The summed E-state index contributed by atoms with van der Waals surface area (Å²) in [6.45, 7) is 0.201. The molecule has 2 aromatic rings. The summed E-state index contributed by atoms with van der Waals surface area (Å²) in [7, 11) is 0. The molecule has 3 rings (SSSR count). The van der Waals surface area contributed by atoms with Crippen LogP contribution in [0.25, 0.3) is 0 Å². The number of hydrogen-bond donors (Lipinski definition) is 3. The van der Waals surface area contributed by atoms with Gasteiger partial charge in [0.15, 0.2) is 0 Å². The van der Waals surface area contributed by atoms with Gasteiger partial charge in [-0.2, -0.15) is 0 Å². The number of aryl methyl sites for hydroxylation is 1. The summed E-state index contributed by atoms with van der Waals surface area (Å²) in [5.41, 5.74) is 0.159. The topological polar surface area (TPSA) is 104 Å². The van der Waals surface area contributed by atoms with Crippen molar-refractivity contribution in [1.29, 1.82) is 0 Å². The molecule has 7 heteroatoms. The van der Waals surface area contributed by atoms with E-state index in [4.69, 9.17) is 0 Å². The van der Waals surface area contributed by atoms with Gasteiger partial charge in [-0.1, -0.05) is 30.3 Å². The zero-order valence-corrected chi connectivity index (χ0v) is 14.4. The third-order valence-corrected chi connectivity index (χ3v) is 4.84. The average molecular weight is 357 g/mol. The number of amides is 1. The molecule has 0 radical (unpaired) electrons. The maximum absolute atomic E-state index is 12.4. The second-order valence-corrected chi connectivity index (χ2v) is 6.80. The Morgan fingerprint density at radius 1 is 1.23 bits per heavy atom. The molecule has 0 aliphatic heterocycles. The maximum Gasteiger partial charge on any atom is 0.328 e. The van der Waals surface area contributed by atoms with E-state index >= 15 is 0 Å². The minimum absolute atomic E-state index is 0.0411. The van der Waals surface area contributed by atoms with Crippen LogP contribution in [-0.2, 0) is 17.8 Å². The Balaban J connectivity index is 1.59. The number of benzene rings is 1. The van der Waals surface area contributed by atoms with E-state index in [1.165, 1.54) is 16.8 Å². The lowest BCUT2D eigenvalue weighted by Gasteiger charge is -2.38. The van der Waals surface area contributed by atoms with E-state index in [1.54, 1.807) is 0 Å². The maximum atomic E-state index is 12.4. The minimum atomic E-state index is -0.520. The van der Waals surface area contributed by atoms with Gasteiger partial charge in [-0.15, -0.1) is 0 Å². The lowest BCUT2D eigenvalue weighted by molar-refractivity contribution is -0.123. The first kappa shape index (κ1) is 18.1. The van der Waals surface area contributed by atoms with Gasteiger partial charge in [-0.05, 0) is 30.7 Å². The highest BCUT2D eigenvalue weighted by atomic mass is 16.3. The van der Waals surface area contributed by atoms with Crippen LogP contribution in [-0.4, -0.2) is 32.7 Å². The van der Waals surface area contributed by atoms with Crippen molar-refractivity contribution in [3.63, 3.8) is 0 Å². The summed E-state index contributed by atoms with van der Waals surface area (Å²) in [6, 6.07) is 11.1. The van der Waals surface area contributed by atoms with Gasteiger partial charge in [-0.3, -0.25) is 14.6 Å². The van der Waals surface area contributed by atoms with Crippen molar-refractivity contribution in [1.82, 2.24) is 14.9 Å². The number of nitrogens with one attached hydrogen (secondary N) is 2. The number of hydrogen-bond acceptors (Lipinski definition) is 4. The Labute approximate surface area is 150 Å². The largest absolute Gasteiger partial charge is 0.393 e. The molecule has 0 bridgehead atoms. The zero-order chi connectivity index (χ0) is 18.5. The molecular formula is C19H23N3O4. The van der Waals surface area contributed by atoms with Crippen LogP contribution in [0.4, 0.5) is 0 Å². The fourth-order valence-corrected chi connectivity index (χ4v) is 3.28. The van der Waals surface area contributed by atoms with E-state index in [1.807, 2.05) is 30.3 Å². The number of H-pyrrole nitrogens is 1. The van der Waals surface area contributed by atoms with E-state index < -0.39 is 11.2 Å². The predicted octanol–water partition coefficient (Wildman–Crippen LogP) is 0.425. The predicted molar refractivity (Wildman–Crippen MR) is 96.7 cm³/mol. The summed E-state index contributed by atoms with van der Waals surface area (Å²) in [5, 5.41) is 12.6. The van der Waals surface area contributed by atoms with Crippen LogP contribution >= 0.6 is 0 Å². The third kappa shape index (κ3) is 4.70. The zero-order valence-electron chi connectivity index (χ0n) is 14.4. The first-order valence-corrected chi connectivity index (χ1v) is 8.82. The molecule has 1 aliphatic rings. The van der Waals surface area contributed by atoms with Crippen LogP contribution in [0.2, 0.25) is 0 Å². The molecule has 1 fully saturated rings. The fourth-order valence-electron chi connectivity index (χ4n) is 3.28. The highest BCUT2D eigenvalue weighted by Crippen LogP contribution is 2.31. The van der Waals surface area contributed by atoms with Crippen molar-refractivity contribution in [2.24, 2.45) is 5.92 Å². The van der Waals surface area contributed by atoms with Gasteiger partial charge in [0, 0.05) is 31.3 Å². The van der Waals surface area contributed by atoms with E-state index in [-0.39, 0.29) is 36.9 Å². The summed E-state index contributed by atoms with van der Waals surface area (Å²) in [6.07, 6.45) is 3.34. The standard InChI is InChI=1S/C19H23N3O4/c23-15-11-14(12-15)16(10-13-4-2-1-3-5-13)20-17(24)6-8-22-9-7-18(25)21-19(22)26/h1-5,7,9,14-16,23H,6,8,10-12H2,(H,20,24)(H,21,25,26)/t14?,15?,16-/m0/s1. The van der Waals surface area contributed by atoms with Gasteiger partial charge in [0.1, 0.15) is 0 Å². The molecule has 0 unspecified atom stereocenters. The van der Waals surface area contributed by atoms with Crippen LogP contribution < -0.4 is 16.6 Å². The molecule has 1 amide bonds. The number of aromatic nitrogens is 2. The number of aliphatic hydroxyl groups is 1. The number of carbonyl (C=O) groups excluding carboxylic acids is 1. The molecule has 1 aliphatic carbocycles. The summed E-state index contributed by atoms with van der Waals surface area (Å²) in [4.78, 5) is 37.3. The van der Waals surface area contributed by atoms with Crippen molar-refractivity contribution in [3.8, 4) is 0 Å². The summed E-state index contributed by atoms with van der Waals surface area (Å²) >= 11 is 0. The lowest BCUT2D eigenvalue weighted by atomic mass is 9.75. The lowest BCUT2D eigenvalue weighted by Crippen LogP contribution is -2.48. The smallest absolute Gasteiger partial charge is 0.328 e. The van der Waals surface area contributed by atoms with Gasteiger partial charge >= 0.3 is 5.69 Å². The summed E-state index contributed by atoms with van der Waals surface area (Å²) < 4.78 is 1.31. The number of aliphatic hydroxyl groups excluding tert-OH is 1. The Morgan fingerprint density at radius 3 is 2.62 bits per heavy atom. The van der Waals surface area contributed by atoms with Crippen LogP contribution in [0, 0.1) is 5.92 Å². The van der Waals surface area contributed by atoms with E-state index in [0.29, 0.717) is 19.3 Å². The van der Waals surface area contributed by atoms with Crippen molar-refractivity contribution in [3.05, 3.63) is 69.0 Å². The molecule has 0 saturated heterocycles. The first-order chi connectivity index (χ1) is 12.5. The molecule has 1 aromatic heterocycles. The normalized spacial score (nSPS) is 20.2. The van der Waals surface area contributed by atoms with Gasteiger partial charge in [0.2, 0.25) is 5.91 Å². The minimum Gasteiger partial charge on any atom is -0.393 e.